The van der Waals surface area contributed by atoms with Crippen molar-refractivity contribution in [3.05, 3.63) is 94.4 Å². The molecule has 1 aliphatic carbocycles. The molecule has 0 saturated carbocycles. The number of benzene rings is 2. The Kier molecular flexibility index (Phi) is 6.67. The van der Waals surface area contributed by atoms with Gasteiger partial charge in [0.25, 0.3) is 5.91 Å². The van der Waals surface area contributed by atoms with Gasteiger partial charge in [0.15, 0.2) is 5.65 Å². The number of carbonyl (C=O) groups is 1. The van der Waals surface area contributed by atoms with Gasteiger partial charge in [0.1, 0.15) is 5.69 Å². The number of hydrogen-bond donors (Lipinski definition) is 1. The zero-order chi connectivity index (χ0) is 26.1. The molecule has 1 fully saturated rings. The predicted octanol–water partition coefficient (Wildman–Crippen LogP) is 4.31. The summed E-state index contributed by atoms with van der Waals surface area (Å²) < 4.78 is 1.71. The molecule has 6 rings (SSSR count). The van der Waals surface area contributed by atoms with Gasteiger partial charge in [0.05, 0.1) is 6.20 Å². The summed E-state index contributed by atoms with van der Waals surface area (Å²) >= 11 is 0. The number of nitrogens with one attached hydrogen (secondary N) is 1. The number of hydrogen-bond acceptors (Lipinski definition) is 5. The second kappa shape index (κ2) is 10.4. The van der Waals surface area contributed by atoms with Gasteiger partial charge in [-0.1, -0.05) is 18.1 Å². The quantitative estimate of drug-likeness (QED) is 0.421. The average molecular weight is 505 g/mol. The Labute approximate surface area is 223 Å². The summed E-state index contributed by atoms with van der Waals surface area (Å²) in [5.41, 5.74) is 7.48. The number of carbonyl (C=O) groups excluding carboxylic acids is 1. The largest absolute Gasteiger partial charge is 0.322 e. The van der Waals surface area contributed by atoms with E-state index < -0.39 is 0 Å². The van der Waals surface area contributed by atoms with Crippen LogP contribution in [0.3, 0.4) is 0 Å². The predicted molar refractivity (Wildman–Crippen MR) is 149 cm³/mol. The lowest BCUT2D eigenvalue weighted by molar-refractivity contribution is 0.102. The Bertz CT molecular complexity index is 1560. The third-order valence-electron chi connectivity index (χ3n) is 7.74. The summed E-state index contributed by atoms with van der Waals surface area (Å²) in [6.45, 7) is 6.56. The minimum Gasteiger partial charge on any atom is -0.322 e. The number of aromatic nitrogens is 3. The van der Waals surface area contributed by atoms with E-state index >= 15 is 0 Å². The number of rotatable bonds is 3. The molecule has 1 N–H and O–H groups in total. The van der Waals surface area contributed by atoms with E-state index in [1.165, 1.54) is 24.1 Å². The zero-order valence-electron chi connectivity index (χ0n) is 21.9. The monoisotopic (exact) mass is 504 g/mol. The number of imidazole rings is 1. The fourth-order valence-electron chi connectivity index (χ4n) is 5.58. The highest BCUT2D eigenvalue weighted by Gasteiger charge is 2.29. The molecule has 1 atom stereocenters. The second-order valence-corrected chi connectivity index (χ2v) is 10.3. The van der Waals surface area contributed by atoms with Crippen LogP contribution in [0.2, 0.25) is 0 Å². The van der Waals surface area contributed by atoms with E-state index in [0.717, 1.165) is 54.9 Å². The van der Waals surface area contributed by atoms with Gasteiger partial charge in [-0.2, -0.15) is 5.10 Å². The van der Waals surface area contributed by atoms with Crippen LogP contribution in [0.5, 0.6) is 0 Å². The van der Waals surface area contributed by atoms with Crippen LogP contribution in [0.4, 0.5) is 5.69 Å². The number of fused-ring (bicyclic) bond motifs is 2. The van der Waals surface area contributed by atoms with Gasteiger partial charge in [-0.05, 0) is 98.8 Å². The fraction of sp³-hybridized carbons (Fsp3) is 0.323. The second-order valence-electron chi connectivity index (χ2n) is 10.3. The van der Waals surface area contributed by atoms with E-state index in [0.29, 0.717) is 17.3 Å². The van der Waals surface area contributed by atoms with Crippen LogP contribution in [-0.4, -0.2) is 63.5 Å². The van der Waals surface area contributed by atoms with Gasteiger partial charge in [-0.3, -0.25) is 9.69 Å². The third-order valence-corrected chi connectivity index (χ3v) is 7.74. The molecule has 7 heteroatoms. The molecule has 4 aromatic rings. The molecule has 0 bridgehead atoms. The summed E-state index contributed by atoms with van der Waals surface area (Å²) in [6.07, 6.45) is 6.85. The van der Waals surface area contributed by atoms with E-state index in [-0.39, 0.29) is 5.91 Å². The maximum atomic E-state index is 13.2. The topological polar surface area (TPSA) is 65.8 Å². The third kappa shape index (κ3) is 4.93. The van der Waals surface area contributed by atoms with Crippen molar-refractivity contribution in [1.82, 2.24) is 24.4 Å². The Morgan fingerprint density at radius 3 is 2.89 bits per heavy atom. The van der Waals surface area contributed by atoms with Crippen LogP contribution in [-0.2, 0) is 6.42 Å². The van der Waals surface area contributed by atoms with Gasteiger partial charge < -0.3 is 10.2 Å². The average Bonchev–Trinajstić information content (AvgIpc) is 3.47. The first-order valence-corrected chi connectivity index (χ1v) is 13.3. The smallest absolute Gasteiger partial charge is 0.255 e. The van der Waals surface area contributed by atoms with E-state index in [4.69, 9.17) is 0 Å². The van der Waals surface area contributed by atoms with Gasteiger partial charge in [-0.15, -0.1) is 0 Å². The molecule has 3 heterocycles. The number of amides is 1. The standard InChI is InChI=1S/C31H32N6O/c1-22-6-7-25(19-23(22)8-11-27-21-32-30-5-3-14-33-37(27)30)31(38)34-26-10-12-28-24(20-26)9-13-29(28)36-16-4-15-35(2)17-18-36/h3,5-7,10,12,14,19-21,29H,4,9,13,15-18H2,1-2H3,(H,34,38). The van der Waals surface area contributed by atoms with Crippen molar-refractivity contribution in [2.45, 2.75) is 32.2 Å². The maximum absolute atomic E-state index is 13.2. The van der Waals surface area contributed by atoms with Crippen LogP contribution >= 0.6 is 0 Å². The molecule has 1 unspecified atom stereocenters. The van der Waals surface area contributed by atoms with Crippen molar-refractivity contribution in [1.29, 1.82) is 0 Å². The first kappa shape index (κ1) is 24.4. The van der Waals surface area contributed by atoms with Crippen LogP contribution in [0.25, 0.3) is 5.65 Å². The zero-order valence-corrected chi connectivity index (χ0v) is 21.9. The van der Waals surface area contributed by atoms with E-state index in [9.17, 15) is 4.79 Å². The molecule has 1 saturated heterocycles. The van der Waals surface area contributed by atoms with Crippen LogP contribution in [0.1, 0.15) is 57.2 Å². The number of anilines is 1. The van der Waals surface area contributed by atoms with E-state index in [1.54, 1.807) is 16.9 Å². The molecule has 0 spiro atoms. The van der Waals surface area contributed by atoms with Crippen LogP contribution < -0.4 is 5.32 Å². The molecule has 2 aromatic carbocycles. The summed E-state index contributed by atoms with van der Waals surface area (Å²) in [5.74, 6) is 6.23. The SMILES string of the molecule is Cc1ccc(C(=O)Nc2ccc3c(c2)CCC3N2CCCN(C)CC2)cc1C#Cc1cnc2cccnn12. The normalized spacial score (nSPS) is 18.0. The van der Waals surface area contributed by atoms with Crippen molar-refractivity contribution in [2.75, 3.05) is 38.5 Å². The number of likely N-dealkylation sites (N-methyl/N-ethyl adjacent to an activating group) is 1. The van der Waals surface area contributed by atoms with Crippen LogP contribution in [0.15, 0.2) is 60.9 Å². The Hall–Kier alpha value is -3.99. The van der Waals surface area contributed by atoms with E-state index in [2.05, 4.69) is 56.2 Å². The molecule has 1 amide bonds. The summed E-state index contributed by atoms with van der Waals surface area (Å²) in [5, 5.41) is 7.42. The lowest BCUT2D eigenvalue weighted by Gasteiger charge is -2.28. The highest BCUT2D eigenvalue weighted by molar-refractivity contribution is 6.04. The molecule has 1 aliphatic heterocycles. The number of nitrogens with zero attached hydrogens (tertiary/aromatic N) is 5. The van der Waals surface area contributed by atoms with Gasteiger partial charge >= 0.3 is 0 Å². The van der Waals surface area contributed by atoms with Crippen molar-refractivity contribution in [3.8, 4) is 11.8 Å². The van der Waals surface area contributed by atoms with Crippen LogP contribution in [0, 0.1) is 18.8 Å². The van der Waals surface area contributed by atoms with Crippen molar-refractivity contribution in [3.63, 3.8) is 0 Å². The Morgan fingerprint density at radius 2 is 1.97 bits per heavy atom. The van der Waals surface area contributed by atoms with Crippen molar-refractivity contribution in [2.24, 2.45) is 0 Å². The Balaban J connectivity index is 1.17. The van der Waals surface area contributed by atoms with Crippen molar-refractivity contribution < 1.29 is 4.79 Å². The maximum Gasteiger partial charge on any atom is 0.255 e. The highest BCUT2D eigenvalue weighted by Crippen LogP contribution is 2.37. The molecule has 7 nitrogen and oxygen atoms in total. The molecular weight excluding hydrogens is 472 g/mol. The number of aryl methyl sites for hydroxylation is 2. The molecular formula is C31H32N6O. The first-order chi connectivity index (χ1) is 18.5. The van der Waals surface area contributed by atoms with Gasteiger partial charge in [0, 0.05) is 48.7 Å². The lowest BCUT2D eigenvalue weighted by Crippen LogP contribution is -2.31. The molecule has 192 valence electrons. The lowest BCUT2D eigenvalue weighted by atomic mass is 10.0. The Morgan fingerprint density at radius 1 is 1.05 bits per heavy atom. The molecule has 0 radical (unpaired) electrons. The molecule has 38 heavy (non-hydrogen) atoms. The molecule has 2 aliphatic rings. The summed E-state index contributed by atoms with van der Waals surface area (Å²) in [4.78, 5) is 22.6. The summed E-state index contributed by atoms with van der Waals surface area (Å²) in [7, 11) is 2.21. The van der Waals surface area contributed by atoms with Gasteiger partial charge in [-0.25, -0.2) is 9.50 Å². The van der Waals surface area contributed by atoms with Gasteiger partial charge in [0.2, 0.25) is 0 Å². The van der Waals surface area contributed by atoms with E-state index in [1.807, 2.05) is 43.3 Å². The highest BCUT2D eigenvalue weighted by atomic mass is 16.1. The minimum absolute atomic E-state index is 0.130. The summed E-state index contributed by atoms with van der Waals surface area (Å²) in [6, 6.07) is 16.3. The first-order valence-electron chi connectivity index (χ1n) is 13.3. The van der Waals surface area contributed by atoms with Crippen molar-refractivity contribution >= 4 is 17.2 Å². The fourth-order valence-corrected chi connectivity index (χ4v) is 5.58. The molecule has 2 aromatic heterocycles. The minimum atomic E-state index is -0.130.